The van der Waals surface area contributed by atoms with Crippen molar-refractivity contribution < 1.29 is 4.79 Å². The first-order chi connectivity index (χ1) is 10.1. The summed E-state index contributed by atoms with van der Waals surface area (Å²) in [5.74, 6) is 0.843. The van der Waals surface area contributed by atoms with Crippen molar-refractivity contribution in [1.82, 2.24) is 5.32 Å². The Hall–Kier alpha value is -1.45. The van der Waals surface area contributed by atoms with Gasteiger partial charge in [0.15, 0.2) is 0 Å². The summed E-state index contributed by atoms with van der Waals surface area (Å²) < 4.78 is 0. The normalized spacial score (nSPS) is 12.0. The molecule has 0 spiro atoms. The summed E-state index contributed by atoms with van der Waals surface area (Å²) in [4.78, 5) is 12.3. The monoisotopic (exact) mass is 319 g/mol. The molecule has 0 radical (unpaired) electrons. The van der Waals surface area contributed by atoms with Crippen LogP contribution in [0.15, 0.2) is 48.5 Å². The van der Waals surface area contributed by atoms with Crippen LogP contribution in [0.4, 0.5) is 0 Å². The Morgan fingerprint density at radius 1 is 1.24 bits per heavy atom. The van der Waals surface area contributed by atoms with Gasteiger partial charge in [-0.3, -0.25) is 4.79 Å². The molecular formula is C17H18ClNOS. The number of carbonyl (C=O) groups excluding carboxylic acids is 1. The zero-order valence-electron chi connectivity index (χ0n) is 12.1. The van der Waals surface area contributed by atoms with Crippen LogP contribution in [0.1, 0.15) is 34.5 Å². The molecule has 0 aromatic heterocycles. The lowest BCUT2D eigenvalue weighted by Crippen LogP contribution is -2.26. The van der Waals surface area contributed by atoms with E-state index in [9.17, 15) is 4.79 Å². The van der Waals surface area contributed by atoms with Gasteiger partial charge in [-0.05, 0) is 48.6 Å². The number of carbonyl (C=O) groups is 1. The molecule has 2 rings (SSSR count). The maximum absolute atomic E-state index is 12.3. The maximum Gasteiger partial charge on any atom is 0.251 e. The molecule has 1 N–H and O–H groups in total. The molecule has 0 saturated carbocycles. The van der Waals surface area contributed by atoms with Crippen molar-refractivity contribution in [3.63, 3.8) is 0 Å². The molecule has 0 saturated heterocycles. The first-order valence-electron chi connectivity index (χ1n) is 6.74. The molecule has 0 aliphatic carbocycles. The fourth-order valence-corrected chi connectivity index (χ4v) is 2.82. The highest BCUT2D eigenvalue weighted by Crippen LogP contribution is 2.18. The van der Waals surface area contributed by atoms with E-state index in [-0.39, 0.29) is 11.9 Å². The quantitative estimate of drug-likeness (QED) is 0.866. The molecule has 0 fully saturated rings. The van der Waals surface area contributed by atoms with E-state index in [2.05, 4.69) is 5.32 Å². The molecule has 1 atom stereocenters. The number of rotatable bonds is 5. The summed E-state index contributed by atoms with van der Waals surface area (Å²) in [5, 5.41) is 3.68. The number of thioether (sulfide) groups is 1. The fourth-order valence-electron chi connectivity index (χ4n) is 2.11. The molecular weight excluding hydrogens is 302 g/mol. The van der Waals surface area contributed by atoms with Gasteiger partial charge in [-0.1, -0.05) is 35.9 Å². The van der Waals surface area contributed by atoms with Gasteiger partial charge in [0.2, 0.25) is 0 Å². The van der Waals surface area contributed by atoms with Crippen molar-refractivity contribution >= 4 is 29.3 Å². The summed E-state index contributed by atoms with van der Waals surface area (Å²) in [6, 6.07) is 15.2. The van der Waals surface area contributed by atoms with Crippen LogP contribution in [0.25, 0.3) is 0 Å². The molecule has 4 heteroatoms. The number of hydrogen-bond donors (Lipinski definition) is 1. The standard InChI is InChI=1S/C17H18ClNOS/c1-12(14-6-4-8-16(18)10-14)19-17(20)15-7-3-5-13(9-15)11-21-2/h3-10,12H,11H2,1-2H3,(H,19,20). The number of halogens is 1. The molecule has 0 heterocycles. The van der Waals surface area contributed by atoms with Gasteiger partial charge in [-0.15, -0.1) is 0 Å². The molecule has 0 bridgehead atoms. The van der Waals surface area contributed by atoms with E-state index >= 15 is 0 Å². The molecule has 2 nitrogen and oxygen atoms in total. The van der Waals surface area contributed by atoms with Crippen molar-refractivity contribution in [2.75, 3.05) is 6.26 Å². The third-order valence-corrected chi connectivity index (χ3v) is 4.05. The van der Waals surface area contributed by atoms with Gasteiger partial charge in [0.1, 0.15) is 0 Å². The van der Waals surface area contributed by atoms with E-state index in [4.69, 9.17) is 11.6 Å². The first kappa shape index (κ1) is 15.9. The summed E-state index contributed by atoms with van der Waals surface area (Å²) >= 11 is 7.72. The van der Waals surface area contributed by atoms with Gasteiger partial charge in [0, 0.05) is 16.3 Å². The highest BCUT2D eigenvalue weighted by atomic mass is 35.5. The minimum atomic E-state index is -0.0830. The Morgan fingerprint density at radius 3 is 2.71 bits per heavy atom. The van der Waals surface area contributed by atoms with Crippen molar-refractivity contribution in [2.24, 2.45) is 0 Å². The Kier molecular flexibility index (Phi) is 5.71. The fraction of sp³-hybridized carbons (Fsp3) is 0.235. The van der Waals surface area contributed by atoms with Crippen molar-refractivity contribution in [3.05, 3.63) is 70.2 Å². The summed E-state index contributed by atoms with van der Waals surface area (Å²) in [6.07, 6.45) is 2.05. The van der Waals surface area contributed by atoms with Gasteiger partial charge < -0.3 is 5.32 Å². The summed E-state index contributed by atoms with van der Waals surface area (Å²) in [6.45, 7) is 1.95. The maximum atomic E-state index is 12.3. The minimum absolute atomic E-state index is 0.0644. The molecule has 21 heavy (non-hydrogen) atoms. The number of amides is 1. The van der Waals surface area contributed by atoms with E-state index in [1.807, 2.05) is 61.7 Å². The van der Waals surface area contributed by atoms with Crippen LogP contribution >= 0.6 is 23.4 Å². The van der Waals surface area contributed by atoms with Crippen LogP contribution in [0.3, 0.4) is 0 Å². The highest BCUT2D eigenvalue weighted by Gasteiger charge is 2.12. The number of benzene rings is 2. The van der Waals surface area contributed by atoms with E-state index in [0.29, 0.717) is 10.6 Å². The smallest absolute Gasteiger partial charge is 0.251 e. The van der Waals surface area contributed by atoms with Crippen LogP contribution in [-0.2, 0) is 5.75 Å². The molecule has 2 aromatic carbocycles. The van der Waals surface area contributed by atoms with Crippen molar-refractivity contribution in [1.29, 1.82) is 0 Å². The van der Waals surface area contributed by atoms with E-state index in [1.165, 1.54) is 0 Å². The third-order valence-electron chi connectivity index (χ3n) is 3.20. The summed E-state index contributed by atoms with van der Waals surface area (Å²) in [5.41, 5.74) is 2.84. The van der Waals surface area contributed by atoms with Gasteiger partial charge in [-0.25, -0.2) is 0 Å². The lowest BCUT2D eigenvalue weighted by Gasteiger charge is -2.15. The van der Waals surface area contributed by atoms with Crippen molar-refractivity contribution in [3.8, 4) is 0 Å². The topological polar surface area (TPSA) is 29.1 Å². The lowest BCUT2D eigenvalue weighted by molar-refractivity contribution is 0.0940. The zero-order chi connectivity index (χ0) is 15.2. The van der Waals surface area contributed by atoms with Crippen LogP contribution in [0.5, 0.6) is 0 Å². The van der Waals surface area contributed by atoms with Crippen LogP contribution in [0, 0.1) is 0 Å². The van der Waals surface area contributed by atoms with E-state index in [0.717, 1.165) is 16.9 Å². The second kappa shape index (κ2) is 7.53. The molecule has 1 amide bonds. The highest BCUT2D eigenvalue weighted by molar-refractivity contribution is 7.97. The lowest BCUT2D eigenvalue weighted by atomic mass is 10.1. The van der Waals surface area contributed by atoms with Gasteiger partial charge >= 0.3 is 0 Å². The Morgan fingerprint density at radius 2 is 2.00 bits per heavy atom. The Balaban J connectivity index is 2.08. The average molecular weight is 320 g/mol. The van der Waals surface area contributed by atoms with E-state index in [1.54, 1.807) is 11.8 Å². The summed E-state index contributed by atoms with van der Waals surface area (Å²) in [7, 11) is 0. The molecule has 2 aromatic rings. The van der Waals surface area contributed by atoms with Crippen LogP contribution in [0.2, 0.25) is 5.02 Å². The Labute approximate surface area is 134 Å². The molecule has 110 valence electrons. The van der Waals surface area contributed by atoms with Crippen LogP contribution in [-0.4, -0.2) is 12.2 Å². The third kappa shape index (κ3) is 4.51. The van der Waals surface area contributed by atoms with Crippen molar-refractivity contribution in [2.45, 2.75) is 18.7 Å². The minimum Gasteiger partial charge on any atom is -0.346 e. The number of hydrogen-bond acceptors (Lipinski definition) is 2. The molecule has 0 aliphatic rings. The predicted octanol–water partition coefficient (Wildman–Crippen LogP) is 4.69. The zero-order valence-corrected chi connectivity index (χ0v) is 13.7. The van der Waals surface area contributed by atoms with E-state index < -0.39 is 0 Å². The largest absolute Gasteiger partial charge is 0.346 e. The van der Waals surface area contributed by atoms with Crippen LogP contribution < -0.4 is 5.32 Å². The van der Waals surface area contributed by atoms with Gasteiger partial charge in [0.05, 0.1) is 6.04 Å². The Bertz CT molecular complexity index is 630. The predicted molar refractivity (Wildman–Crippen MR) is 91.0 cm³/mol. The average Bonchev–Trinajstić information content (AvgIpc) is 2.48. The van der Waals surface area contributed by atoms with Gasteiger partial charge in [0.25, 0.3) is 5.91 Å². The SMILES string of the molecule is CSCc1cccc(C(=O)NC(C)c2cccc(Cl)c2)c1. The second-order valence-corrected chi connectivity index (χ2v) is 6.19. The van der Waals surface area contributed by atoms with Gasteiger partial charge in [-0.2, -0.15) is 11.8 Å². The molecule has 1 unspecified atom stereocenters. The molecule has 0 aliphatic heterocycles. The first-order valence-corrected chi connectivity index (χ1v) is 8.51. The second-order valence-electron chi connectivity index (χ2n) is 4.88. The number of nitrogens with one attached hydrogen (secondary N) is 1.